The Hall–Kier alpha value is -1.62. The van der Waals surface area contributed by atoms with Crippen LogP contribution in [0.2, 0.25) is 0 Å². The highest BCUT2D eigenvalue weighted by molar-refractivity contribution is 9.10. The van der Waals surface area contributed by atoms with Gasteiger partial charge in [0, 0.05) is 10.0 Å². The summed E-state index contributed by atoms with van der Waals surface area (Å²) in [6.07, 6.45) is 3.01. The van der Waals surface area contributed by atoms with Crippen molar-refractivity contribution >= 4 is 21.9 Å². The summed E-state index contributed by atoms with van der Waals surface area (Å²) in [6, 6.07) is 7.77. The third kappa shape index (κ3) is 1.66. The Morgan fingerprint density at radius 2 is 2.11 bits per heavy atom. The molecule has 1 aromatic heterocycles. The number of hydrogen-bond donors (Lipinski definition) is 2. The van der Waals surface area contributed by atoms with Crippen LogP contribution in [0.4, 0.5) is 0 Å². The smallest absolute Gasteiger partial charge is 0.317 e. The van der Waals surface area contributed by atoms with E-state index in [-0.39, 0.29) is 0 Å². The lowest BCUT2D eigenvalue weighted by Gasteiger charge is -2.05. The van der Waals surface area contributed by atoms with E-state index in [9.17, 15) is 9.90 Å². The first-order valence-electron chi connectivity index (χ1n) is 5.67. The molecule has 18 heavy (non-hydrogen) atoms. The van der Waals surface area contributed by atoms with E-state index >= 15 is 0 Å². The molecule has 0 radical (unpaired) electrons. The van der Waals surface area contributed by atoms with Crippen LogP contribution in [0.15, 0.2) is 34.9 Å². The summed E-state index contributed by atoms with van der Waals surface area (Å²) in [6.45, 7) is 0. The van der Waals surface area contributed by atoms with E-state index in [4.69, 9.17) is 0 Å². The van der Waals surface area contributed by atoms with Gasteiger partial charge in [-0.15, -0.1) is 0 Å². The molecule has 1 aliphatic rings. The molecule has 2 aromatic rings. The number of imidazole rings is 1. The van der Waals surface area contributed by atoms with Crippen LogP contribution in [0, 0.1) is 0 Å². The topological polar surface area (TPSA) is 66.0 Å². The summed E-state index contributed by atoms with van der Waals surface area (Å²) in [5.41, 5.74) is 1.04. The van der Waals surface area contributed by atoms with Crippen molar-refractivity contribution in [1.82, 2.24) is 9.97 Å². The van der Waals surface area contributed by atoms with Gasteiger partial charge in [0.2, 0.25) is 0 Å². The minimum absolute atomic E-state index is 0.556. The Bertz CT molecular complexity index is 617. The van der Waals surface area contributed by atoms with Gasteiger partial charge in [-0.25, -0.2) is 4.98 Å². The number of aromatic nitrogens is 2. The summed E-state index contributed by atoms with van der Waals surface area (Å²) in [4.78, 5) is 18.6. The molecule has 5 heteroatoms. The Morgan fingerprint density at radius 1 is 1.39 bits per heavy atom. The second-order valence-electron chi connectivity index (χ2n) is 4.51. The second kappa shape index (κ2) is 3.95. The molecule has 0 unspecified atom stereocenters. The van der Waals surface area contributed by atoms with Crippen molar-refractivity contribution in [3.63, 3.8) is 0 Å². The molecule has 1 fully saturated rings. The van der Waals surface area contributed by atoms with Gasteiger partial charge in [0.05, 0.1) is 11.9 Å². The summed E-state index contributed by atoms with van der Waals surface area (Å²) >= 11 is 3.47. The number of nitrogens with zero attached hydrogens (tertiary/aromatic N) is 1. The maximum Gasteiger partial charge on any atom is 0.317 e. The molecule has 1 aromatic carbocycles. The molecular weight excluding hydrogens is 296 g/mol. The highest BCUT2D eigenvalue weighted by atomic mass is 79.9. The van der Waals surface area contributed by atoms with Gasteiger partial charge in [0.25, 0.3) is 0 Å². The highest BCUT2D eigenvalue weighted by Gasteiger charge is 2.54. The Kier molecular flexibility index (Phi) is 2.52. The zero-order valence-electron chi connectivity index (χ0n) is 9.48. The molecule has 1 heterocycles. The number of hydrogen-bond acceptors (Lipinski definition) is 2. The highest BCUT2D eigenvalue weighted by Crippen LogP contribution is 2.47. The zero-order valence-corrected chi connectivity index (χ0v) is 11.1. The number of H-pyrrole nitrogens is 1. The van der Waals surface area contributed by atoms with Crippen molar-refractivity contribution in [2.75, 3.05) is 0 Å². The van der Waals surface area contributed by atoms with E-state index in [2.05, 4.69) is 25.9 Å². The van der Waals surface area contributed by atoms with Crippen molar-refractivity contribution in [3.8, 4) is 11.3 Å². The monoisotopic (exact) mass is 306 g/mol. The predicted molar refractivity (Wildman–Crippen MR) is 70.3 cm³/mol. The molecule has 0 saturated heterocycles. The van der Waals surface area contributed by atoms with Gasteiger partial charge in [-0.3, -0.25) is 4.79 Å². The average Bonchev–Trinajstić information content (AvgIpc) is 3.03. The van der Waals surface area contributed by atoms with Gasteiger partial charge < -0.3 is 10.1 Å². The molecule has 0 spiro atoms. The molecular formula is C13H11BrN2O2. The van der Waals surface area contributed by atoms with E-state index in [1.54, 1.807) is 6.20 Å². The number of nitrogens with one attached hydrogen (secondary N) is 1. The van der Waals surface area contributed by atoms with E-state index in [1.807, 2.05) is 24.3 Å². The molecule has 1 saturated carbocycles. The number of carbonyl (C=O) groups is 1. The van der Waals surface area contributed by atoms with Crippen LogP contribution in [-0.4, -0.2) is 21.0 Å². The van der Waals surface area contributed by atoms with Crippen molar-refractivity contribution in [2.45, 2.75) is 18.3 Å². The number of carboxylic acid groups (broad SMARTS) is 1. The quantitative estimate of drug-likeness (QED) is 0.916. The standard InChI is InChI=1S/C13H11BrN2O2/c14-9-4-2-1-3-8(9)10-7-15-11(16-10)13(5-6-13)12(17)18/h1-4,7H,5-6H2,(H,15,16)(H,17,18). The third-order valence-electron chi connectivity index (χ3n) is 3.35. The maximum absolute atomic E-state index is 11.2. The normalized spacial score (nSPS) is 16.5. The molecule has 0 atom stereocenters. The number of halogens is 1. The zero-order chi connectivity index (χ0) is 12.8. The van der Waals surface area contributed by atoms with Crippen molar-refractivity contribution in [1.29, 1.82) is 0 Å². The molecule has 3 rings (SSSR count). The summed E-state index contributed by atoms with van der Waals surface area (Å²) in [5, 5.41) is 9.22. The van der Waals surface area contributed by atoms with E-state index in [0.717, 1.165) is 15.7 Å². The van der Waals surface area contributed by atoms with Crippen LogP contribution in [0.3, 0.4) is 0 Å². The first-order chi connectivity index (χ1) is 8.63. The predicted octanol–water partition coefficient (Wildman–Crippen LogP) is 2.96. The van der Waals surface area contributed by atoms with E-state index in [0.29, 0.717) is 18.7 Å². The van der Waals surface area contributed by atoms with Crippen LogP contribution in [0.1, 0.15) is 18.7 Å². The minimum Gasteiger partial charge on any atom is -0.480 e. The number of aliphatic carboxylic acids is 1. The second-order valence-corrected chi connectivity index (χ2v) is 5.37. The van der Waals surface area contributed by atoms with Crippen LogP contribution >= 0.6 is 15.9 Å². The summed E-state index contributed by atoms with van der Waals surface area (Å²) < 4.78 is 0.959. The van der Waals surface area contributed by atoms with Crippen LogP contribution in [-0.2, 0) is 10.2 Å². The Labute approximate surface area is 112 Å². The number of carboxylic acids is 1. The SMILES string of the molecule is O=C(O)C1(c2ncc(-c3ccccc3Br)[nH]2)CC1. The molecule has 92 valence electrons. The van der Waals surface area contributed by atoms with E-state index in [1.165, 1.54) is 0 Å². The first-order valence-corrected chi connectivity index (χ1v) is 6.46. The molecule has 0 bridgehead atoms. The third-order valence-corrected chi connectivity index (χ3v) is 4.04. The molecule has 1 aliphatic carbocycles. The van der Waals surface area contributed by atoms with Crippen LogP contribution < -0.4 is 0 Å². The lowest BCUT2D eigenvalue weighted by atomic mass is 10.1. The largest absolute Gasteiger partial charge is 0.480 e. The van der Waals surface area contributed by atoms with Gasteiger partial charge >= 0.3 is 5.97 Å². The first kappa shape index (κ1) is 11.5. The van der Waals surface area contributed by atoms with Gasteiger partial charge in [0.1, 0.15) is 11.2 Å². The van der Waals surface area contributed by atoms with Crippen molar-refractivity contribution < 1.29 is 9.90 Å². The molecule has 2 N–H and O–H groups in total. The number of aromatic amines is 1. The van der Waals surface area contributed by atoms with Crippen molar-refractivity contribution in [2.24, 2.45) is 0 Å². The van der Waals surface area contributed by atoms with Gasteiger partial charge in [-0.05, 0) is 18.9 Å². The average molecular weight is 307 g/mol. The fourth-order valence-corrected chi connectivity index (χ4v) is 2.56. The minimum atomic E-state index is -0.796. The van der Waals surface area contributed by atoms with Crippen molar-refractivity contribution in [3.05, 3.63) is 40.8 Å². The van der Waals surface area contributed by atoms with Gasteiger partial charge in [-0.2, -0.15) is 0 Å². The lowest BCUT2D eigenvalue weighted by Crippen LogP contribution is -2.20. The van der Waals surface area contributed by atoms with Gasteiger partial charge in [-0.1, -0.05) is 34.1 Å². The Balaban J connectivity index is 2.01. The van der Waals surface area contributed by atoms with Crippen LogP contribution in [0.5, 0.6) is 0 Å². The lowest BCUT2D eigenvalue weighted by molar-refractivity contribution is -0.140. The molecule has 4 nitrogen and oxygen atoms in total. The number of rotatable bonds is 3. The van der Waals surface area contributed by atoms with Crippen LogP contribution in [0.25, 0.3) is 11.3 Å². The summed E-state index contributed by atoms with van der Waals surface area (Å²) in [7, 11) is 0. The maximum atomic E-state index is 11.2. The number of benzene rings is 1. The molecule has 0 aliphatic heterocycles. The van der Waals surface area contributed by atoms with Gasteiger partial charge in [0.15, 0.2) is 0 Å². The Morgan fingerprint density at radius 3 is 2.72 bits per heavy atom. The fraction of sp³-hybridized carbons (Fsp3) is 0.231. The molecule has 0 amide bonds. The van der Waals surface area contributed by atoms with E-state index < -0.39 is 11.4 Å². The fourth-order valence-electron chi connectivity index (χ4n) is 2.06. The summed E-state index contributed by atoms with van der Waals surface area (Å²) in [5.74, 6) is -0.240.